The first kappa shape index (κ1) is 9.21. The Morgan fingerprint density at radius 1 is 1.50 bits per heavy atom. The highest BCUT2D eigenvalue weighted by atomic mass is 16.5. The van der Waals surface area contributed by atoms with Gasteiger partial charge < -0.3 is 15.4 Å². The molecule has 0 amide bonds. The minimum atomic E-state index is 0.410. The molecule has 1 aromatic heterocycles. The van der Waals surface area contributed by atoms with Crippen molar-refractivity contribution in [3.8, 4) is 0 Å². The Labute approximate surface area is 82.9 Å². The first-order valence-corrected chi connectivity index (χ1v) is 4.67. The highest BCUT2D eigenvalue weighted by Crippen LogP contribution is 2.17. The van der Waals surface area contributed by atoms with Crippen LogP contribution in [0.15, 0.2) is 12.1 Å². The smallest absolute Gasteiger partial charge is 0.151 e. The van der Waals surface area contributed by atoms with E-state index in [1.807, 2.05) is 13.1 Å². The van der Waals surface area contributed by atoms with E-state index in [9.17, 15) is 0 Å². The van der Waals surface area contributed by atoms with Crippen molar-refractivity contribution in [2.45, 2.75) is 12.5 Å². The first-order valence-electron chi connectivity index (χ1n) is 4.67. The van der Waals surface area contributed by atoms with E-state index < -0.39 is 0 Å². The summed E-state index contributed by atoms with van der Waals surface area (Å²) < 4.78 is 5.31. The van der Waals surface area contributed by atoms with E-state index in [0.717, 1.165) is 25.5 Å². The highest BCUT2D eigenvalue weighted by Gasteiger charge is 2.21. The quantitative estimate of drug-likeness (QED) is 0.732. The van der Waals surface area contributed by atoms with Crippen molar-refractivity contribution in [2.75, 3.05) is 30.9 Å². The standard InChI is InChI=1S/C9H14N4O/c1-13(7-4-5-14-6-7)9-3-2-8(10)11-12-9/h2-3,7H,4-6H2,1H3,(H2,10,11). The lowest BCUT2D eigenvalue weighted by molar-refractivity contribution is 0.193. The molecule has 5 heteroatoms. The van der Waals surface area contributed by atoms with Crippen molar-refractivity contribution in [1.82, 2.24) is 10.2 Å². The molecule has 0 spiro atoms. The minimum absolute atomic E-state index is 0.410. The molecule has 2 rings (SSSR count). The third-order valence-electron chi connectivity index (χ3n) is 2.49. The SMILES string of the molecule is CN(c1ccc(N)nn1)C1CCOC1. The molecule has 2 N–H and O–H groups in total. The summed E-state index contributed by atoms with van der Waals surface area (Å²) in [4.78, 5) is 2.08. The molecule has 1 aliphatic heterocycles. The van der Waals surface area contributed by atoms with E-state index in [1.165, 1.54) is 0 Å². The fourth-order valence-corrected chi connectivity index (χ4v) is 1.54. The second kappa shape index (κ2) is 3.79. The number of nitrogens with zero attached hydrogens (tertiary/aromatic N) is 3. The topological polar surface area (TPSA) is 64.3 Å². The fourth-order valence-electron chi connectivity index (χ4n) is 1.54. The van der Waals surface area contributed by atoms with Crippen molar-refractivity contribution in [3.05, 3.63) is 12.1 Å². The van der Waals surface area contributed by atoms with Gasteiger partial charge in [-0.25, -0.2) is 0 Å². The summed E-state index contributed by atoms with van der Waals surface area (Å²) in [5.74, 6) is 1.29. The summed E-state index contributed by atoms with van der Waals surface area (Å²) in [5.41, 5.74) is 5.46. The third-order valence-corrected chi connectivity index (χ3v) is 2.49. The molecule has 0 aromatic carbocycles. The lowest BCUT2D eigenvalue weighted by Gasteiger charge is -2.23. The van der Waals surface area contributed by atoms with Crippen molar-refractivity contribution in [1.29, 1.82) is 0 Å². The van der Waals surface area contributed by atoms with Gasteiger partial charge in [-0.15, -0.1) is 10.2 Å². The van der Waals surface area contributed by atoms with Crippen LogP contribution in [0.3, 0.4) is 0 Å². The Kier molecular flexibility index (Phi) is 2.49. The largest absolute Gasteiger partial charge is 0.382 e. The number of nitrogens with two attached hydrogens (primary N) is 1. The fraction of sp³-hybridized carbons (Fsp3) is 0.556. The maximum absolute atomic E-state index is 5.46. The van der Waals surface area contributed by atoms with E-state index in [0.29, 0.717) is 11.9 Å². The molecule has 1 saturated heterocycles. The number of ether oxygens (including phenoxy) is 1. The van der Waals surface area contributed by atoms with Gasteiger partial charge in [0.05, 0.1) is 12.6 Å². The summed E-state index contributed by atoms with van der Waals surface area (Å²) in [5, 5.41) is 7.84. The Hall–Kier alpha value is -1.36. The average molecular weight is 194 g/mol. The van der Waals surface area contributed by atoms with Crippen LogP contribution in [0.5, 0.6) is 0 Å². The van der Waals surface area contributed by atoms with E-state index in [2.05, 4.69) is 15.1 Å². The molecule has 1 aliphatic rings. The Balaban J connectivity index is 2.09. The molecule has 0 bridgehead atoms. The monoisotopic (exact) mass is 194 g/mol. The van der Waals surface area contributed by atoms with Gasteiger partial charge in [-0.2, -0.15) is 0 Å². The van der Waals surface area contributed by atoms with Crippen LogP contribution < -0.4 is 10.6 Å². The zero-order valence-corrected chi connectivity index (χ0v) is 8.18. The highest BCUT2D eigenvalue weighted by molar-refractivity contribution is 5.41. The van der Waals surface area contributed by atoms with Crippen LogP contribution in [0.2, 0.25) is 0 Å². The zero-order valence-electron chi connectivity index (χ0n) is 8.18. The number of aromatic nitrogens is 2. The Bertz CT molecular complexity index is 294. The second-order valence-electron chi connectivity index (χ2n) is 3.44. The Morgan fingerprint density at radius 3 is 2.93 bits per heavy atom. The molecule has 2 heterocycles. The van der Waals surface area contributed by atoms with E-state index >= 15 is 0 Å². The lowest BCUT2D eigenvalue weighted by atomic mass is 10.2. The molecular weight excluding hydrogens is 180 g/mol. The van der Waals surface area contributed by atoms with Crippen molar-refractivity contribution in [3.63, 3.8) is 0 Å². The molecule has 1 fully saturated rings. The van der Waals surface area contributed by atoms with Gasteiger partial charge >= 0.3 is 0 Å². The molecule has 0 aliphatic carbocycles. The van der Waals surface area contributed by atoms with Gasteiger partial charge in [0, 0.05) is 13.7 Å². The summed E-state index contributed by atoms with van der Waals surface area (Å²) in [6.07, 6.45) is 1.04. The minimum Gasteiger partial charge on any atom is -0.382 e. The maximum atomic E-state index is 5.46. The van der Waals surface area contributed by atoms with E-state index in [1.54, 1.807) is 6.07 Å². The summed E-state index contributed by atoms with van der Waals surface area (Å²) in [7, 11) is 2.00. The zero-order chi connectivity index (χ0) is 9.97. The molecule has 0 saturated carbocycles. The number of likely N-dealkylation sites (N-methyl/N-ethyl adjacent to an activating group) is 1. The predicted molar refractivity (Wildman–Crippen MR) is 54.1 cm³/mol. The van der Waals surface area contributed by atoms with Crippen LogP contribution in [0.25, 0.3) is 0 Å². The average Bonchev–Trinajstić information content (AvgIpc) is 2.71. The molecule has 14 heavy (non-hydrogen) atoms. The number of anilines is 2. The molecule has 5 nitrogen and oxygen atoms in total. The third kappa shape index (κ3) is 1.77. The number of nitrogen functional groups attached to an aromatic ring is 1. The number of rotatable bonds is 2. The summed E-state index contributed by atoms with van der Waals surface area (Å²) in [6, 6.07) is 4.04. The lowest BCUT2D eigenvalue weighted by Crippen LogP contribution is -2.32. The molecule has 1 atom stereocenters. The van der Waals surface area contributed by atoms with Gasteiger partial charge in [0.15, 0.2) is 5.82 Å². The van der Waals surface area contributed by atoms with Crippen LogP contribution >= 0.6 is 0 Å². The van der Waals surface area contributed by atoms with E-state index in [4.69, 9.17) is 10.5 Å². The molecule has 1 aromatic rings. The molecule has 76 valence electrons. The van der Waals surface area contributed by atoms with Gasteiger partial charge in [-0.3, -0.25) is 0 Å². The van der Waals surface area contributed by atoms with Crippen LogP contribution in [0, 0.1) is 0 Å². The van der Waals surface area contributed by atoms with E-state index in [-0.39, 0.29) is 0 Å². The first-order chi connectivity index (χ1) is 6.77. The number of hydrogen-bond donors (Lipinski definition) is 1. The van der Waals surface area contributed by atoms with Gasteiger partial charge in [-0.1, -0.05) is 0 Å². The normalized spacial score (nSPS) is 21.1. The van der Waals surface area contributed by atoms with Crippen molar-refractivity contribution < 1.29 is 4.74 Å². The summed E-state index contributed by atoms with van der Waals surface area (Å²) in [6.45, 7) is 1.60. The van der Waals surface area contributed by atoms with Gasteiger partial charge in [0.2, 0.25) is 0 Å². The van der Waals surface area contributed by atoms with Crippen molar-refractivity contribution in [2.24, 2.45) is 0 Å². The van der Waals surface area contributed by atoms with Crippen LogP contribution in [-0.4, -0.2) is 36.5 Å². The second-order valence-corrected chi connectivity index (χ2v) is 3.44. The van der Waals surface area contributed by atoms with Crippen LogP contribution in [0.1, 0.15) is 6.42 Å². The van der Waals surface area contributed by atoms with Crippen molar-refractivity contribution >= 4 is 11.6 Å². The number of hydrogen-bond acceptors (Lipinski definition) is 5. The summed E-state index contributed by atoms with van der Waals surface area (Å²) >= 11 is 0. The maximum Gasteiger partial charge on any atom is 0.151 e. The predicted octanol–water partition coefficient (Wildman–Crippen LogP) is 0.284. The van der Waals surface area contributed by atoms with Gasteiger partial charge in [0.25, 0.3) is 0 Å². The Morgan fingerprint density at radius 2 is 2.36 bits per heavy atom. The molecule has 1 unspecified atom stereocenters. The molecule has 0 radical (unpaired) electrons. The van der Waals surface area contributed by atoms with Crippen LogP contribution in [0.4, 0.5) is 11.6 Å². The van der Waals surface area contributed by atoms with Gasteiger partial charge in [-0.05, 0) is 18.6 Å². The van der Waals surface area contributed by atoms with Crippen LogP contribution in [-0.2, 0) is 4.74 Å². The molecular formula is C9H14N4O. The van der Waals surface area contributed by atoms with Gasteiger partial charge in [0.1, 0.15) is 5.82 Å².